The van der Waals surface area contributed by atoms with Gasteiger partial charge in [0, 0.05) is 4.47 Å². The lowest BCUT2D eigenvalue weighted by Crippen LogP contribution is -2.17. The molecule has 2 aromatic rings. The zero-order chi connectivity index (χ0) is 13.8. The molecule has 4 nitrogen and oxygen atoms in total. The van der Waals surface area contributed by atoms with Gasteiger partial charge < -0.3 is 5.11 Å². The first-order valence-electron chi connectivity index (χ1n) is 5.51. The first kappa shape index (κ1) is 13.6. The highest BCUT2D eigenvalue weighted by atomic mass is 79.9. The molecule has 6 heteroatoms. The molecule has 2 rings (SSSR count). The molecule has 1 atom stereocenters. The number of hydrogen-bond donors (Lipinski definition) is 1. The molecule has 0 radical (unpaired) electrons. The van der Waals surface area contributed by atoms with Crippen molar-refractivity contribution >= 4 is 21.9 Å². The van der Waals surface area contributed by atoms with Crippen molar-refractivity contribution in [2.75, 3.05) is 0 Å². The Bertz CT molecular complexity index is 589. The van der Waals surface area contributed by atoms with Crippen LogP contribution in [0.4, 0.5) is 4.39 Å². The van der Waals surface area contributed by atoms with E-state index < -0.39 is 17.7 Å². The zero-order valence-electron chi connectivity index (χ0n) is 9.75. The fraction of sp³-hybridized carbons (Fsp3) is 0.154. The van der Waals surface area contributed by atoms with Crippen LogP contribution < -0.4 is 0 Å². The van der Waals surface area contributed by atoms with E-state index in [4.69, 9.17) is 0 Å². The minimum absolute atomic E-state index is 0.105. The quantitative estimate of drug-likeness (QED) is 0.939. The second-order valence-corrected chi connectivity index (χ2v) is 4.90. The molecule has 0 aliphatic rings. The molecule has 0 aliphatic heterocycles. The topological polar surface area (TPSA) is 63.1 Å². The maximum atomic E-state index is 12.8. The molecule has 1 heterocycles. The van der Waals surface area contributed by atoms with E-state index in [2.05, 4.69) is 25.9 Å². The number of halogens is 2. The van der Waals surface area contributed by atoms with Crippen LogP contribution >= 0.6 is 15.9 Å². The second kappa shape index (κ2) is 5.88. The molecule has 1 aromatic carbocycles. The monoisotopic (exact) mass is 324 g/mol. The van der Waals surface area contributed by atoms with E-state index in [1.807, 2.05) is 24.3 Å². The zero-order valence-corrected chi connectivity index (χ0v) is 11.3. The minimum atomic E-state index is -1.04. The Balaban J connectivity index is 2.26. The number of carboxylic acid groups (broad SMARTS) is 1. The molecule has 0 saturated carbocycles. The summed E-state index contributed by atoms with van der Waals surface area (Å²) in [7, 11) is 0. The summed E-state index contributed by atoms with van der Waals surface area (Å²) in [5.41, 5.74) is 0.842. The first-order chi connectivity index (χ1) is 9.06. The Hall–Kier alpha value is -1.82. The van der Waals surface area contributed by atoms with Crippen LogP contribution in [0, 0.1) is 5.82 Å². The highest BCUT2D eigenvalue weighted by molar-refractivity contribution is 9.10. The molecule has 0 bridgehead atoms. The predicted octanol–water partition coefficient (Wildman–Crippen LogP) is 2.79. The standard InChI is InChI=1S/C13H10BrFN2O2/c14-9-3-1-2-8(4-9)5-11(13(18)19)12-16-6-10(15)7-17-12/h1-4,6-7,11H,5H2,(H,18,19). The minimum Gasteiger partial charge on any atom is -0.481 e. The summed E-state index contributed by atoms with van der Waals surface area (Å²) >= 11 is 3.33. The number of hydrogen-bond acceptors (Lipinski definition) is 3. The Morgan fingerprint density at radius 3 is 2.63 bits per heavy atom. The number of carbonyl (C=O) groups is 1. The summed E-state index contributed by atoms with van der Waals surface area (Å²) in [4.78, 5) is 18.8. The van der Waals surface area contributed by atoms with Crippen LogP contribution in [0.3, 0.4) is 0 Å². The number of aromatic nitrogens is 2. The van der Waals surface area contributed by atoms with Crippen LogP contribution in [-0.4, -0.2) is 21.0 Å². The van der Waals surface area contributed by atoms with Crippen LogP contribution in [0.15, 0.2) is 41.1 Å². The highest BCUT2D eigenvalue weighted by Crippen LogP contribution is 2.20. The van der Waals surface area contributed by atoms with Gasteiger partial charge in [0.2, 0.25) is 0 Å². The normalized spacial score (nSPS) is 12.1. The number of aliphatic carboxylic acids is 1. The van der Waals surface area contributed by atoms with Crippen molar-refractivity contribution in [1.29, 1.82) is 0 Å². The molecule has 1 aromatic heterocycles. The summed E-state index contributed by atoms with van der Waals surface area (Å²) in [6, 6.07) is 7.33. The Labute approximate surface area is 117 Å². The summed E-state index contributed by atoms with van der Waals surface area (Å²) in [6.45, 7) is 0. The Kier molecular flexibility index (Phi) is 4.21. The summed E-state index contributed by atoms with van der Waals surface area (Å²) in [5.74, 6) is -2.41. The SMILES string of the molecule is O=C(O)C(Cc1cccc(Br)c1)c1ncc(F)cn1. The van der Waals surface area contributed by atoms with E-state index in [0.29, 0.717) is 0 Å². The second-order valence-electron chi connectivity index (χ2n) is 3.98. The smallest absolute Gasteiger partial charge is 0.314 e. The van der Waals surface area contributed by atoms with E-state index in [-0.39, 0.29) is 12.2 Å². The van der Waals surface area contributed by atoms with Gasteiger partial charge in [-0.1, -0.05) is 28.1 Å². The van der Waals surface area contributed by atoms with E-state index in [9.17, 15) is 14.3 Å². The van der Waals surface area contributed by atoms with Crippen molar-refractivity contribution in [2.45, 2.75) is 12.3 Å². The molecule has 98 valence electrons. The molecule has 1 unspecified atom stereocenters. The third-order valence-corrected chi connectivity index (χ3v) is 3.07. The number of rotatable bonds is 4. The van der Waals surface area contributed by atoms with Crippen LogP contribution in [0.25, 0.3) is 0 Å². The number of benzene rings is 1. The van der Waals surface area contributed by atoms with E-state index in [1.54, 1.807) is 0 Å². The third-order valence-electron chi connectivity index (χ3n) is 2.58. The van der Waals surface area contributed by atoms with E-state index in [1.165, 1.54) is 0 Å². The van der Waals surface area contributed by atoms with Gasteiger partial charge in [-0.3, -0.25) is 4.79 Å². The fourth-order valence-electron chi connectivity index (χ4n) is 1.69. The summed E-state index contributed by atoms with van der Waals surface area (Å²) < 4.78 is 13.6. The van der Waals surface area contributed by atoms with Gasteiger partial charge in [0.05, 0.1) is 12.4 Å². The molecular formula is C13H10BrFN2O2. The molecule has 0 fully saturated rings. The first-order valence-corrected chi connectivity index (χ1v) is 6.30. The molecule has 0 amide bonds. The highest BCUT2D eigenvalue weighted by Gasteiger charge is 2.23. The number of carboxylic acids is 1. The summed E-state index contributed by atoms with van der Waals surface area (Å²) in [6.07, 6.45) is 2.19. The van der Waals surface area contributed by atoms with Crippen molar-refractivity contribution in [3.05, 3.63) is 58.3 Å². The molecule has 0 spiro atoms. The lowest BCUT2D eigenvalue weighted by atomic mass is 9.99. The van der Waals surface area contributed by atoms with Gasteiger partial charge in [-0.2, -0.15) is 0 Å². The van der Waals surface area contributed by atoms with Crippen molar-refractivity contribution < 1.29 is 14.3 Å². The van der Waals surface area contributed by atoms with Crippen LogP contribution in [0.1, 0.15) is 17.3 Å². The van der Waals surface area contributed by atoms with E-state index in [0.717, 1.165) is 22.4 Å². The lowest BCUT2D eigenvalue weighted by molar-refractivity contribution is -0.139. The lowest BCUT2D eigenvalue weighted by Gasteiger charge is -2.11. The van der Waals surface area contributed by atoms with Gasteiger partial charge in [0.15, 0.2) is 5.82 Å². The molecule has 1 N–H and O–H groups in total. The van der Waals surface area contributed by atoms with Gasteiger partial charge in [0.25, 0.3) is 0 Å². The molecular weight excluding hydrogens is 315 g/mol. The molecule has 0 aliphatic carbocycles. The van der Waals surface area contributed by atoms with Gasteiger partial charge in [-0.15, -0.1) is 0 Å². The Morgan fingerprint density at radius 2 is 2.05 bits per heavy atom. The van der Waals surface area contributed by atoms with Crippen molar-refractivity contribution in [3.63, 3.8) is 0 Å². The van der Waals surface area contributed by atoms with Gasteiger partial charge in [-0.25, -0.2) is 14.4 Å². The van der Waals surface area contributed by atoms with Crippen LogP contribution in [0.5, 0.6) is 0 Å². The van der Waals surface area contributed by atoms with Crippen molar-refractivity contribution in [2.24, 2.45) is 0 Å². The summed E-state index contributed by atoms with van der Waals surface area (Å²) in [5, 5.41) is 9.24. The van der Waals surface area contributed by atoms with E-state index >= 15 is 0 Å². The fourth-order valence-corrected chi connectivity index (χ4v) is 2.14. The molecule has 0 saturated heterocycles. The average molecular weight is 325 g/mol. The predicted molar refractivity (Wildman–Crippen MR) is 70.2 cm³/mol. The Morgan fingerprint density at radius 1 is 1.37 bits per heavy atom. The van der Waals surface area contributed by atoms with Crippen LogP contribution in [0.2, 0.25) is 0 Å². The van der Waals surface area contributed by atoms with Crippen molar-refractivity contribution in [3.8, 4) is 0 Å². The van der Waals surface area contributed by atoms with Crippen molar-refractivity contribution in [1.82, 2.24) is 9.97 Å². The molecule has 19 heavy (non-hydrogen) atoms. The van der Waals surface area contributed by atoms with Gasteiger partial charge >= 0.3 is 5.97 Å². The van der Waals surface area contributed by atoms with Crippen LogP contribution in [-0.2, 0) is 11.2 Å². The maximum Gasteiger partial charge on any atom is 0.314 e. The largest absolute Gasteiger partial charge is 0.481 e. The number of nitrogens with zero attached hydrogens (tertiary/aromatic N) is 2. The van der Waals surface area contributed by atoms with Gasteiger partial charge in [0.1, 0.15) is 11.7 Å². The van der Waals surface area contributed by atoms with Gasteiger partial charge in [-0.05, 0) is 24.1 Å². The average Bonchev–Trinajstić information content (AvgIpc) is 2.37. The third kappa shape index (κ3) is 3.57. The maximum absolute atomic E-state index is 12.8.